The summed E-state index contributed by atoms with van der Waals surface area (Å²) in [6.45, 7) is 7.57. The first-order valence-electron chi connectivity index (χ1n) is 12.9. The molecule has 1 saturated carbocycles. The minimum absolute atomic E-state index is 0.152. The Hall–Kier alpha value is -3.36. The molecule has 1 aliphatic heterocycles. The molecule has 0 spiro atoms. The van der Waals surface area contributed by atoms with Crippen LogP contribution in [0.25, 0.3) is 0 Å². The predicted molar refractivity (Wildman–Crippen MR) is 146 cm³/mol. The number of aryl methyl sites for hydroxylation is 2. The summed E-state index contributed by atoms with van der Waals surface area (Å²) < 4.78 is 17.8. The van der Waals surface area contributed by atoms with Gasteiger partial charge in [0.2, 0.25) is 9.79 Å². The van der Waals surface area contributed by atoms with Crippen LogP contribution in [0.4, 0.5) is 0 Å². The van der Waals surface area contributed by atoms with Crippen molar-refractivity contribution in [2.75, 3.05) is 6.61 Å². The molecule has 0 bridgehead atoms. The molecular weight excluding hydrogens is 480 g/mol. The molecule has 1 fully saturated rings. The third-order valence-electron chi connectivity index (χ3n) is 6.66. The van der Waals surface area contributed by atoms with E-state index in [0.717, 1.165) is 45.3 Å². The minimum atomic E-state index is -0.831. The molecule has 0 unspecified atom stereocenters. The number of para-hydroxylation sites is 2. The van der Waals surface area contributed by atoms with Crippen molar-refractivity contribution < 1.29 is 19.0 Å². The fourth-order valence-electron chi connectivity index (χ4n) is 4.97. The monoisotopic (exact) mass is 513 g/mol. The number of hydrogen-bond donors (Lipinski definition) is 0. The molecule has 1 heterocycles. The quantitative estimate of drug-likeness (QED) is 0.158. The number of fused-ring (bicyclic) bond motifs is 2. The van der Waals surface area contributed by atoms with E-state index in [9.17, 15) is 4.79 Å². The summed E-state index contributed by atoms with van der Waals surface area (Å²) in [5.41, 5.74) is 1.14. The topological polar surface area (TPSA) is 44.8 Å². The third kappa shape index (κ3) is 5.65. The lowest BCUT2D eigenvalue weighted by Crippen LogP contribution is -2.29. The van der Waals surface area contributed by atoms with E-state index < -0.39 is 11.6 Å². The Labute approximate surface area is 222 Å². The van der Waals surface area contributed by atoms with Crippen molar-refractivity contribution in [2.24, 2.45) is 5.92 Å². The summed E-state index contributed by atoms with van der Waals surface area (Å²) in [5.74, 6) is 8.96. The fraction of sp³-hybridized carbons (Fsp3) is 0.344. The number of esters is 1. The number of carbonyl (C=O) groups is 1. The van der Waals surface area contributed by atoms with E-state index in [-0.39, 0.29) is 17.5 Å². The van der Waals surface area contributed by atoms with Crippen molar-refractivity contribution >= 4 is 16.9 Å². The van der Waals surface area contributed by atoms with Crippen LogP contribution in [0.1, 0.15) is 50.7 Å². The number of ether oxygens (including phenoxy) is 3. The lowest BCUT2D eigenvalue weighted by atomic mass is 10.1. The normalized spacial score (nSPS) is 15.1. The first kappa shape index (κ1) is 25.3. The first-order valence-corrected chi connectivity index (χ1v) is 14.1. The molecule has 37 heavy (non-hydrogen) atoms. The molecule has 0 radical (unpaired) electrons. The SMILES string of the molecule is Cc1cc([S+]2c3ccccc3Oc3ccccc32)cc(C)c1OCC(=O)OC(C)(C)C#CC1CCCC1. The second-order valence-corrected chi connectivity index (χ2v) is 12.2. The van der Waals surface area contributed by atoms with Gasteiger partial charge in [0, 0.05) is 18.1 Å². The van der Waals surface area contributed by atoms with Crippen LogP contribution < -0.4 is 9.47 Å². The zero-order chi connectivity index (χ0) is 26.0. The zero-order valence-corrected chi connectivity index (χ0v) is 22.7. The largest absolute Gasteiger partial charge is 0.481 e. The summed E-state index contributed by atoms with van der Waals surface area (Å²) in [7, 11) is -0.304. The van der Waals surface area contributed by atoms with Gasteiger partial charge in [-0.2, -0.15) is 0 Å². The van der Waals surface area contributed by atoms with Crippen LogP contribution in [0, 0.1) is 31.6 Å². The average Bonchev–Trinajstić information content (AvgIpc) is 3.39. The highest BCUT2D eigenvalue weighted by molar-refractivity contribution is 7.97. The van der Waals surface area contributed by atoms with Gasteiger partial charge >= 0.3 is 5.97 Å². The van der Waals surface area contributed by atoms with Gasteiger partial charge in [-0.3, -0.25) is 0 Å². The minimum Gasteiger partial charge on any atom is -0.481 e. The second-order valence-electron chi connectivity index (χ2n) is 10.2. The smallest absolute Gasteiger partial charge is 0.345 e. The lowest BCUT2D eigenvalue weighted by Gasteiger charge is -2.21. The lowest BCUT2D eigenvalue weighted by molar-refractivity contribution is -0.154. The van der Waals surface area contributed by atoms with Crippen LogP contribution in [-0.2, 0) is 20.4 Å². The maximum absolute atomic E-state index is 12.6. The summed E-state index contributed by atoms with van der Waals surface area (Å²) in [5, 5.41) is 0. The van der Waals surface area contributed by atoms with Crippen molar-refractivity contribution in [3.8, 4) is 29.1 Å². The second kappa shape index (κ2) is 10.6. The Morgan fingerprint density at radius 1 is 0.973 bits per heavy atom. The van der Waals surface area contributed by atoms with Gasteiger partial charge in [-0.1, -0.05) is 48.9 Å². The van der Waals surface area contributed by atoms with Crippen molar-refractivity contribution in [3.63, 3.8) is 0 Å². The molecule has 0 atom stereocenters. The Bertz CT molecular complexity index is 1310. The van der Waals surface area contributed by atoms with Gasteiger partial charge in [0.1, 0.15) is 16.6 Å². The van der Waals surface area contributed by atoms with Gasteiger partial charge in [-0.05, 0) is 75.9 Å². The summed E-state index contributed by atoms with van der Waals surface area (Å²) >= 11 is 0. The molecule has 0 aromatic heterocycles. The summed E-state index contributed by atoms with van der Waals surface area (Å²) in [6.07, 6.45) is 4.75. The standard InChI is InChI=1S/C32H33O4S/c1-22-19-25(37-28-15-9-7-13-26(28)35-27-14-8-10-16-29(27)37)20-23(2)31(22)34-21-30(33)36-32(3,4)18-17-24-11-5-6-12-24/h7-10,13-16,19-20,24H,5-6,11-12,21H2,1-4H3/q+1. The molecule has 5 heteroatoms. The maximum Gasteiger partial charge on any atom is 0.345 e. The van der Waals surface area contributed by atoms with E-state index in [2.05, 4.69) is 48.2 Å². The van der Waals surface area contributed by atoms with Crippen molar-refractivity contribution in [2.45, 2.75) is 73.7 Å². The van der Waals surface area contributed by atoms with E-state index >= 15 is 0 Å². The fourth-order valence-corrected chi connectivity index (χ4v) is 7.35. The average molecular weight is 514 g/mol. The highest BCUT2D eigenvalue weighted by Gasteiger charge is 2.39. The number of benzene rings is 3. The first-order chi connectivity index (χ1) is 17.8. The number of rotatable bonds is 5. The zero-order valence-electron chi connectivity index (χ0n) is 21.9. The molecule has 2 aliphatic rings. The summed E-state index contributed by atoms with van der Waals surface area (Å²) in [6, 6.07) is 20.7. The van der Waals surface area contributed by atoms with E-state index in [4.69, 9.17) is 14.2 Å². The number of carbonyl (C=O) groups excluding carboxylic acids is 1. The van der Waals surface area contributed by atoms with E-state index in [1.54, 1.807) is 0 Å². The van der Waals surface area contributed by atoms with Gasteiger partial charge < -0.3 is 14.2 Å². The Balaban J connectivity index is 1.33. The van der Waals surface area contributed by atoms with Gasteiger partial charge in [0.05, 0.1) is 0 Å². The molecule has 0 N–H and O–H groups in total. The molecule has 3 aromatic rings. The molecule has 3 aromatic carbocycles. The molecule has 5 rings (SSSR count). The summed E-state index contributed by atoms with van der Waals surface area (Å²) in [4.78, 5) is 16.1. The maximum atomic E-state index is 12.6. The Kier molecular flexibility index (Phi) is 7.22. The molecule has 190 valence electrons. The van der Waals surface area contributed by atoms with Gasteiger partial charge in [0.25, 0.3) is 0 Å². The molecular formula is C32H33O4S+. The van der Waals surface area contributed by atoms with Crippen molar-refractivity contribution in [3.05, 3.63) is 71.8 Å². The third-order valence-corrected chi connectivity index (χ3v) is 8.92. The molecule has 0 saturated heterocycles. The van der Waals surface area contributed by atoms with Crippen molar-refractivity contribution in [1.29, 1.82) is 0 Å². The van der Waals surface area contributed by atoms with Crippen LogP contribution in [0.5, 0.6) is 17.2 Å². The molecule has 0 amide bonds. The van der Waals surface area contributed by atoms with Gasteiger partial charge in [0.15, 0.2) is 28.6 Å². The van der Waals surface area contributed by atoms with Crippen molar-refractivity contribution in [1.82, 2.24) is 0 Å². The highest BCUT2D eigenvalue weighted by atomic mass is 32.2. The van der Waals surface area contributed by atoms with Crippen LogP contribution in [0.3, 0.4) is 0 Å². The number of hydrogen-bond acceptors (Lipinski definition) is 4. The molecule has 4 nitrogen and oxygen atoms in total. The van der Waals surface area contributed by atoms with Crippen LogP contribution in [0.2, 0.25) is 0 Å². The highest BCUT2D eigenvalue weighted by Crippen LogP contribution is 2.47. The van der Waals surface area contributed by atoms with Crippen LogP contribution >= 0.6 is 0 Å². The Morgan fingerprint density at radius 2 is 1.54 bits per heavy atom. The predicted octanol–water partition coefficient (Wildman–Crippen LogP) is 7.40. The van der Waals surface area contributed by atoms with E-state index in [0.29, 0.717) is 11.7 Å². The van der Waals surface area contributed by atoms with E-state index in [1.807, 2.05) is 52.0 Å². The van der Waals surface area contributed by atoms with E-state index in [1.165, 1.54) is 17.7 Å². The van der Waals surface area contributed by atoms with Crippen LogP contribution in [-0.4, -0.2) is 18.2 Å². The van der Waals surface area contributed by atoms with Gasteiger partial charge in [-0.25, -0.2) is 4.79 Å². The van der Waals surface area contributed by atoms with Crippen LogP contribution in [0.15, 0.2) is 75.4 Å². The Morgan fingerprint density at radius 3 is 2.14 bits per heavy atom. The van der Waals surface area contributed by atoms with Gasteiger partial charge in [-0.15, -0.1) is 0 Å². The molecule has 1 aliphatic carbocycles.